The van der Waals surface area contributed by atoms with Gasteiger partial charge in [0.25, 0.3) is 0 Å². The van der Waals surface area contributed by atoms with E-state index >= 15 is 0 Å². The number of nitrogens with one attached hydrogen (secondary N) is 2. The molecule has 3 rings (SSSR count). The highest BCUT2D eigenvalue weighted by Gasteiger charge is 2.32. The number of methoxy groups -OCH3 is 1. The predicted molar refractivity (Wildman–Crippen MR) is 98.8 cm³/mol. The summed E-state index contributed by atoms with van der Waals surface area (Å²) in [6.45, 7) is 1.89. The van der Waals surface area contributed by atoms with E-state index in [1.165, 1.54) is 7.11 Å². The van der Waals surface area contributed by atoms with Crippen LogP contribution in [0.5, 0.6) is 0 Å². The Hall–Kier alpha value is -2.64. The first-order valence-electron chi connectivity index (χ1n) is 8.12. The zero-order valence-corrected chi connectivity index (χ0v) is 15.3. The van der Waals surface area contributed by atoms with Crippen LogP contribution < -0.4 is 10.6 Å². The van der Waals surface area contributed by atoms with Crippen LogP contribution in [0.2, 0.25) is 0 Å². The molecule has 136 valence electrons. The summed E-state index contributed by atoms with van der Waals surface area (Å²) >= 11 is 0. The first kappa shape index (κ1) is 18.2. The summed E-state index contributed by atoms with van der Waals surface area (Å²) in [4.78, 5) is 12.4. The maximum absolute atomic E-state index is 13.3. The van der Waals surface area contributed by atoms with Gasteiger partial charge in [-0.1, -0.05) is 48.0 Å². The molecule has 0 saturated heterocycles. The molecule has 0 aromatic heterocycles. The number of aryl methyl sites for hydroxylation is 1. The smallest absolute Gasteiger partial charge is 0.321 e. The third kappa shape index (κ3) is 3.63. The lowest BCUT2D eigenvalue weighted by molar-refractivity contribution is 0.0848. The van der Waals surface area contributed by atoms with Crippen LogP contribution in [0.3, 0.4) is 0 Å². The van der Waals surface area contributed by atoms with Crippen LogP contribution in [0.15, 0.2) is 64.4 Å². The third-order valence-corrected chi connectivity index (χ3v) is 6.10. The lowest BCUT2D eigenvalue weighted by atomic mass is 10.1. The minimum Gasteiger partial charge on any atom is -0.361 e. The van der Waals surface area contributed by atoms with Gasteiger partial charge in [-0.3, -0.25) is 0 Å². The van der Waals surface area contributed by atoms with E-state index in [9.17, 15) is 13.2 Å². The summed E-state index contributed by atoms with van der Waals surface area (Å²) in [6, 6.07) is 15.0. The highest BCUT2D eigenvalue weighted by molar-refractivity contribution is 7.95. The van der Waals surface area contributed by atoms with Crippen LogP contribution >= 0.6 is 0 Å². The molecule has 2 aromatic rings. The van der Waals surface area contributed by atoms with Crippen LogP contribution in [0, 0.1) is 6.92 Å². The van der Waals surface area contributed by atoms with Gasteiger partial charge in [0.1, 0.15) is 6.23 Å². The molecule has 1 aliphatic heterocycles. The molecule has 2 aromatic carbocycles. The summed E-state index contributed by atoms with van der Waals surface area (Å²) in [5.41, 5.74) is 1.85. The fourth-order valence-electron chi connectivity index (χ4n) is 2.77. The van der Waals surface area contributed by atoms with Crippen LogP contribution in [0.1, 0.15) is 17.5 Å². The van der Waals surface area contributed by atoms with E-state index in [0.717, 1.165) is 5.56 Å². The van der Waals surface area contributed by atoms with Crippen molar-refractivity contribution in [3.8, 4) is 0 Å². The Bertz CT molecular complexity index is 935. The van der Waals surface area contributed by atoms with Gasteiger partial charge in [-0.05, 0) is 24.6 Å². The maximum atomic E-state index is 13.3. The van der Waals surface area contributed by atoms with Crippen molar-refractivity contribution in [3.05, 3.63) is 70.6 Å². The number of ether oxygens (including phenoxy) is 1. The molecule has 6 nitrogen and oxygen atoms in total. The SMILES string of the molecule is COC1CC(S(=O)(=O)c2ccc(C)cc2)=C(c2ccccc2)NC(=O)N1. The number of hydrogen-bond donors (Lipinski definition) is 2. The predicted octanol–water partition coefficient (Wildman–Crippen LogP) is 2.81. The molecule has 7 heteroatoms. The topological polar surface area (TPSA) is 84.5 Å². The summed E-state index contributed by atoms with van der Waals surface area (Å²) in [7, 11) is -2.40. The lowest BCUT2D eigenvalue weighted by Crippen LogP contribution is -2.40. The number of amides is 2. The summed E-state index contributed by atoms with van der Waals surface area (Å²) in [5.74, 6) is 0. The molecule has 26 heavy (non-hydrogen) atoms. The van der Waals surface area contributed by atoms with E-state index in [2.05, 4.69) is 10.6 Å². The van der Waals surface area contributed by atoms with E-state index in [1.807, 2.05) is 13.0 Å². The minimum absolute atomic E-state index is 0.0235. The second kappa shape index (κ2) is 7.31. The zero-order chi connectivity index (χ0) is 18.7. The van der Waals surface area contributed by atoms with Crippen molar-refractivity contribution >= 4 is 21.6 Å². The van der Waals surface area contributed by atoms with E-state index in [4.69, 9.17) is 4.74 Å². The standard InChI is InChI=1S/C19H20N2O4S/c1-13-8-10-15(11-9-13)26(23,24)16-12-17(25-2)20-19(22)21-18(16)14-6-4-3-5-7-14/h3-11,17H,12H2,1-2H3,(H2,20,21,22). The molecule has 0 spiro atoms. The zero-order valence-electron chi connectivity index (χ0n) is 14.5. The Morgan fingerprint density at radius 2 is 1.69 bits per heavy atom. The minimum atomic E-state index is -3.82. The van der Waals surface area contributed by atoms with Crippen molar-refractivity contribution in [3.63, 3.8) is 0 Å². The van der Waals surface area contributed by atoms with Crippen LogP contribution in [-0.2, 0) is 14.6 Å². The van der Waals surface area contributed by atoms with Crippen LogP contribution in [0.4, 0.5) is 4.79 Å². The van der Waals surface area contributed by atoms with Gasteiger partial charge < -0.3 is 15.4 Å². The molecule has 0 bridgehead atoms. The van der Waals surface area contributed by atoms with Gasteiger partial charge >= 0.3 is 6.03 Å². The summed E-state index contributed by atoms with van der Waals surface area (Å²) in [5, 5.41) is 5.28. The number of benzene rings is 2. The number of rotatable bonds is 4. The van der Waals surface area contributed by atoms with Gasteiger partial charge in [0.05, 0.1) is 15.5 Å². The van der Waals surface area contributed by atoms with Gasteiger partial charge in [-0.25, -0.2) is 13.2 Å². The van der Waals surface area contributed by atoms with Gasteiger partial charge in [0.2, 0.25) is 9.84 Å². The molecular formula is C19H20N2O4S. The quantitative estimate of drug-likeness (QED) is 0.864. The Kier molecular flexibility index (Phi) is 5.11. The van der Waals surface area contributed by atoms with Crippen LogP contribution in [-0.4, -0.2) is 27.8 Å². The molecule has 2 amide bonds. The molecule has 1 heterocycles. The third-order valence-electron chi connectivity index (χ3n) is 4.18. The second-order valence-corrected chi connectivity index (χ2v) is 7.98. The molecule has 1 unspecified atom stereocenters. The van der Waals surface area contributed by atoms with Crippen molar-refractivity contribution in [1.29, 1.82) is 0 Å². The second-order valence-electron chi connectivity index (χ2n) is 6.01. The molecule has 0 fully saturated rings. The Labute approximate surface area is 152 Å². The molecule has 2 N–H and O–H groups in total. The van der Waals surface area contributed by atoms with Crippen molar-refractivity contribution in [1.82, 2.24) is 10.6 Å². The molecular weight excluding hydrogens is 352 g/mol. The number of carbonyl (C=O) groups is 1. The highest BCUT2D eigenvalue weighted by Crippen LogP contribution is 2.31. The maximum Gasteiger partial charge on any atom is 0.321 e. The average Bonchev–Trinajstić information content (AvgIpc) is 2.82. The molecule has 0 aliphatic carbocycles. The van der Waals surface area contributed by atoms with Gasteiger partial charge in [0, 0.05) is 13.5 Å². The van der Waals surface area contributed by atoms with E-state index in [0.29, 0.717) is 5.56 Å². The first-order valence-corrected chi connectivity index (χ1v) is 9.61. The van der Waals surface area contributed by atoms with Gasteiger partial charge in [-0.15, -0.1) is 0 Å². The summed E-state index contributed by atoms with van der Waals surface area (Å²) < 4.78 is 31.9. The van der Waals surface area contributed by atoms with E-state index in [-0.39, 0.29) is 21.9 Å². The summed E-state index contributed by atoms with van der Waals surface area (Å²) in [6.07, 6.45) is -0.721. The van der Waals surface area contributed by atoms with Crippen molar-refractivity contribution < 1.29 is 17.9 Å². The van der Waals surface area contributed by atoms with E-state index < -0.39 is 22.1 Å². The molecule has 1 aliphatic rings. The highest BCUT2D eigenvalue weighted by atomic mass is 32.2. The Morgan fingerprint density at radius 1 is 1.04 bits per heavy atom. The molecule has 0 radical (unpaired) electrons. The largest absolute Gasteiger partial charge is 0.361 e. The fourth-order valence-corrected chi connectivity index (χ4v) is 4.36. The molecule has 0 saturated carbocycles. The van der Waals surface area contributed by atoms with Crippen molar-refractivity contribution in [2.45, 2.75) is 24.5 Å². The fraction of sp³-hybridized carbons (Fsp3) is 0.211. The van der Waals surface area contributed by atoms with Crippen LogP contribution in [0.25, 0.3) is 5.70 Å². The van der Waals surface area contributed by atoms with Gasteiger partial charge in [-0.2, -0.15) is 0 Å². The number of urea groups is 1. The number of hydrogen-bond acceptors (Lipinski definition) is 4. The lowest BCUT2D eigenvalue weighted by Gasteiger charge is -2.16. The molecule has 1 atom stereocenters. The first-order chi connectivity index (χ1) is 12.4. The normalized spacial score (nSPS) is 18.1. The number of carbonyl (C=O) groups excluding carboxylic acids is 1. The van der Waals surface area contributed by atoms with Crippen molar-refractivity contribution in [2.75, 3.05) is 7.11 Å². The monoisotopic (exact) mass is 372 g/mol. The Morgan fingerprint density at radius 3 is 2.31 bits per heavy atom. The van der Waals surface area contributed by atoms with Crippen molar-refractivity contribution in [2.24, 2.45) is 0 Å². The van der Waals surface area contributed by atoms with Gasteiger partial charge in [0.15, 0.2) is 0 Å². The number of sulfone groups is 1. The Balaban J connectivity index is 2.21. The average molecular weight is 372 g/mol. The van der Waals surface area contributed by atoms with E-state index in [1.54, 1.807) is 48.5 Å².